The molecule has 2 aromatic rings. The third kappa shape index (κ3) is 7.92. The van der Waals surface area contributed by atoms with Gasteiger partial charge in [-0.1, -0.05) is 77.8 Å². The van der Waals surface area contributed by atoms with Crippen molar-refractivity contribution in [2.24, 2.45) is 28.6 Å². The number of nitrogens with one attached hydrogen (secondary N) is 3. The van der Waals surface area contributed by atoms with Crippen LogP contribution < -0.4 is 16.0 Å². The van der Waals surface area contributed by atoms with Crippen LogP contribution in [-0.4, -0.2) is 93.3 Å². The van der Waals surface area contributed by atoms with Gasteiger partial charge in [-0.05, 0) is 87.3 Å². The van der Waals surface area contributed by atoms with Crippen molar-refractivity contribution < 1.29 is 52.8 Å². The molecule has 0 bridgehead atoms. The number of Topliss-reactive ketones (excluding diaryl/α,β-unsaturated/α-hetero) is 2. The number of hydrogen-bond acceptors (Lipinski definition) is 10. The number of amides is 3. The number of halogens is 2. The zero-order valence-corrected chi connectivity index (χ0v) is 37.0. The van der Waals surface area contributed by atoms with Crippen molar-refractivity contribution in [2.75, 3.05) is 23.8 Å². The van der Waals surface area contributed by atoms with E-state index in [1.807, 2.05) is 49.4 Å². The second-order valence-electron chi connectivity index (χ2n) is 18.1. The number of hydrogen-bond donors (Lipinski definition) is 5. The summed E-state index contributed by atoms with van der Waals surface area (Å²) in [7, 11) is 0. The zero-order valence-electron chi connectivity index (χ0n) is 35.4. The fourth-order valence-corrected chi connectivity index (χ4v) is 11.3. The summed E-state index contributed by atoms with van der Waals surface area (Å²) in [5, 5.41) is 30.3. The SMILES string of the molecule is C[C@H](CC(=O)[C@H](C)NC(=O)CCNC(=O)CBr)C(=O)Nc1cccc(Cc2ccc([C@@H]3O[C@@H]4C[C@H]5[C@@H]6CCC7=CC(=O)C=C[C@]7(C)[C@@]6(F)[C@@H](O)C[C@]5(C)[C@]4(C(=O)CO)O3)cc2)c1. The van der Waals surface area contributed by atoms with Crippen molar-refractivity contribution in [2.45, 2.75) is 108 Å². The van der Waals surface area contributed by atoms with Gasteiger partial charge in [0.2, 0.25) is 17.7 Å². The van der Waals surface area contributed by atoms with E-state index < -0.39 is 76.8 Å². The van der Waals surface area contributed by atoms with E-state index in [1.165, 1.54) is 12.2 Å². The molecular formula is C47H55BrFN3O10. The fraction of sp³-hybridized carbons (Fsp3) is 0.532. The number of ketones is 3. The minimum Gasteiger partial charge on any atom is -0.390 e. The zero-order chi connectivity index (χ0) is 44.8. The summed E-state index contributed by atoms with van der Waals surface area (Å²) in [6, 6.07) is 14.1. The normalized spacial score (nSPS) is 32.9. The van der Waals surface area contributed by atoms with Gasteiger partial charge in [0, 0.05) is 53.3 Å². The molecule has 332 valence electrons. The van der Waals surface area contributed by atoms with Crippen LogP contribution in [0, 0.1) is 28.6 Å². The van der Waals surface area contributed by atoms with Gasteiger partial charge < -0.3 is 35.6 Å². The summed E-state index contributed by atoms with van der Waals surface area (Å²) in [6.07, 6.45) is 2.77. The van der Waals surface area contributed by atoms with Crippen LogP contribution in [0.1, 0.15) is 89.2 Å². The average molecular weight is 921 g/mol. The molecule has 0 unspecified atom stereocenters. The number of carbonyl (C=O) groups is 6. The number of allylic oxidation sites excluding steroid dienone is 4. The van der Waals surface area contributed by atoms with Gasteiger partial charge in [0.15, 0.2) is 34.9 Å². The number of fused-ring (bicyclic) bond motifs is 7. The Morgan fingerprint density at radius 2 is 1.76 bits per heavy atom. The van der Waals surface area contributed by atoms with E-state index in [-0.39, 0.29) is 60.4 Å². The van der Waals surface area contributed by atoms with E-state index in [1.54, 1.807) is 32.9 Å². The molecule has 0 spiro atoms. The molecule has 11 atom stereocenters. The molecule has 4 aliphatic carbocycles. The molecule has 3 saturated carbocycles. The summed E-state index contributed by atoms with van der Waals surface area (Å²) < 4.78 is 30.9. The number of ether oxygens (including phenoxy) is 2. The van der Waals surface area contributed by atoms with Crippen molar-refractivity contribution in [3.05, 3.63) is 89.0 Å². The van der Waals surface area contributed by atoms with Crippen LogP contribution in [0.15, 0.2) is 72.3 Å². The Morgan fingerprint density at radius 1 is 1.02 bits per heavy atom. The Kier molecular flexibility index (Phi) is 13.0. The van der Waals surface area contributed by atoms with Gasteiger partial charge in [-0.2, -0.15) is 0 Å². The first-order valence-corrected chi connectivity index (χ1v) is 22.4. The summed E-state index contributed by atoms with van der Waals surface area (Å²) in [6.45, 7) is 6.14. The van der Waals surface area contributed by atoms with Gasteiger partial charge in [-0.15, -0.1) is 0 Å². The van der Waals surface area contributed by atoms with Gasteiger partial charge in [-0.25, -0.2) is 4.39 Å². The summed E-state index contributed by atoms with van der Waals surface area (Å²) in [4.78, 5) is 75.6. The molecule has 4 fully saturated rings. The first kappa shape index (κ1) is 45.6. The van der Waals surface area contributed by atoms with Gasteiger partial charge in [0.25, 0.3) is 0 Å². The van der Waals surface area contributed by atoms with Crippen LogP contribution in [0.3, 0.4) is 0 Å². The molecular weight excluding hydrogens is 865 g/mol. The highest BCUT2D eigenvalue weighted by Crippen LogP contribution is 2.72. The lowest BCUT2D eigenvalue weighted by atomic mass is 9.44. The van der Waals surface area contributed by atoms with E-state index in [4.69, 9.17) is 9.47 Å². The smallest absolute Gasteiger partial charge is 0.230 e. The first-order chi connectivity index (χ1) is 29.4. The van der Waals surface area contributed by atoms with E-state index in [9.17, 15) is 39.0 Å². The van der Waals surface area contributed by atoms with E-state index in [2.05, 4.69) is 31.9 Å². The second-order valence-corrected chi connectivity index (χ2v) is 18.7. The van der Waals surface area contributed by atoms with Crippen molar-refractivity contribution in [3.8, 4) is 0 Å². The maximum absolute atomic E-state index is 17.7. The van der Waals surface area contributed by atoms with Crippen LogP contribution in [-0.2, 0) is 44.7 Å². The maximum Gasteiger partial charge on any atom is 0.230 e. The average Bonchev–Trinajstić information content (AvgIpc) is 3.74. The predicted molar refractivity (Wildman–Crippen MR) is 229 cm³/mol. The number of alkyl halides is 2. The Labute approximate surface area is 368 Å². The van der Waals surface area contributed by atoms with E-state index >= 15 is 4.39 Å². The van der Waals surface area contributed by atoms with Gasteiger partial charge in [0.1, 0.15) is 6.61 Å². The minimum absolute atomic E-state index is 0.0198. The summed E-state index contributed by atoms with van der Waals surface area (Å²) in [5.41, 5.74) is -2.22. The Morgan fingerprint density at radius 3 is 2.47 bits per heavy atom. The topological polar surface area (TPSA) is 197 Å². The molecule has 5 N–H and O–H groups in total. The van der Waals surface area contributed by atoms with Crippen molar-refractivity contribution in [3.63, 3.8) is 0 Å². The van der Waals surface area contributed by atoms with Crippen LogP contribution in [0.4, 0.5) is 10.1 Å². The molecule has 1 aliphatic heterocycles. The molecule has 0 radical (unpaired) electrons. The number of carbonyl (C=O) groups excluding carboxylic acids is 6. The molecule has 13 nitrogen and oxygen atoms in total. The maximum atomic E-state index is 17.7. The van der Waals surface area contributed by atoms with Gasteiger partial charge in [-0.3, -0.25) is 28.8 Å². The third-order valence-electron chi connectivity index (χ3n) is 14.4. The highest BCUT2D eigenvalue weighted by atomic mass is 79.9. The number of anilines is 1. The summed E-state index contributed by atoms with van der Waals surface area (Å²) in [5.74, 6) is -3.76. The highest BCUT2D eigenvalue weighted by molar-refractivity contribution is 9.09. The van der Waals surface area contributed by atoms with Crippen molar-refractivity contribution in [1.29, 1.82) is 0 Å². The molecule has 7 rings (SSSR count). The number of aliphatic hydroxyl groups is 2. The van der Waals surface area contributed by atoms with E-state index in [0.29, 0.717) is 42.5 Å². The highest BCUT2D eigenvalue weighted by Gasteiger charge is 2.79. The molecule has 0 aromatic heterocycles. The number of benzene rings is 2. The largest absolute Gasteiger partial charge is 0.390 e. The molecule has 3 amide bonds. The van der Waals surface area contributed by atoms with E-state index in [0.717, 1.165) is 11.1 Å². The molecule has 15 heteroatoms. The van der Waals surface area contributed by atoms with Crippen LogP contribution in [0.2, 0.25) is 0 Å². The van der Waals surface area contributed by atoms with Crippen LogP contribution in [0.5, 0.6) is 0 Å². The molecule has 1 heterocycles. The van der Waals surface area contributed by atoms with Crippen LogP contribution in [0.25, 0.3) is 0 Å². The number of rotatable bonds is 15. The van der Waals surface area contributed by atoms with Crippen molar-refractivity contribution in [1.82, 2.24) is 10.6 Å². The standard InChI is InChI=1S/C47H55BrFN3O10/c1-26(18-36(55)27(2)51-40(58)15-17-50-41(59)24-48)42(60)52-32-7-5-6-29(20-32)19-28-8-10-30(11-9-28)43-61-39-22-35-34-13-12-31-21-33(54)14-16-44(31,3)46(34,49)37(56)23-45(35,4)47(39,62-43)38(57)25-53/h5-11,14,16,20-21,26-27,34-35,37,39,43,53,56H,12-13,15,17-19,22-25H2,1-4H3,(H,50,59)(H,51,58)(H,52,60)/t26-,27+,34+,35+,37+,39-,43-,44+,45+,46+,47-/m1/s1. The van der Waals surface area contributed by atoms with Crippen molar-refractivity contribution >= 4 is 56.7 Å². The Hall–Kier alpha value is -4.41. The van der Waals surface area contributed by atoms with Crippen LogP contribution >= 0.6 is 15.9 Å². The molecule has 2 aromatic carbocycles. The lowest BCUT2D eigenvalue weighted by molar-refractivity contribution is -0.231. The Balaban J connectivity index is 0.975. The quantitative estimate of drug-likeness (QED) is 0.153. The third-order valence-corrected chi connectivity index (χ3v) is 14.9. The summed E-state index contributed by atoms with van der Waals surface area (Å²) >= 11 is 3.03. The fourth-order valence-electron chi connectivity index (χ4n) is 11.1. The number of aliphatic hydroxyl groups excluding tert-OH is 2. The molecule has 62 heavy (non-hydrogen) atoms. The Bertz CT molecular complexity index is 2200. The molecule has 5 aliphatic rings. The van der Waals surface area contributed by atoms with Gasteiger partial charge >= 0.3 is 0 Å². The monoisotopic (exact) mass is 919 g/mol. The minimum atomic E-state index is -2.09. The predicted octanol–water partition coefficient (Wildman–Crippen LogP) is 4.91. The lowest BCUT2D eigenvalue weighted by Crippen LogP contribution is -2.69. The first-order valence-electron chi connectivity index (χ1n) is 21.3. The van der Waals surface area contributed by atoms with Gasteiger partial charge in [0.05, 0.1) is 23.6 Å². The molecule has 1 saturated heterocycles. The lowest BCUT2D eigenvalue weighted by Gasteiger charge is -2.62. The second kappa shape index (κ2) is 17.6.